The van der Waals surface area contributed by atoms with E-state index < -0.39 is 15.9 Å². The summed E-state index contributed by atoms with van der Waals surface area (Å²) >= 11 is 5.70. The molecule has 7 nitrogen and oxygen atoms in total. The summed E-state index contributed by atoms with van der Waals surface area (Å²) in [6.45, 7) is 6.45. The van der Waals surface area contributed by atoms with Crippen molar-refractivity contribution in [3.63, 3.8) is 0 Å². The zero-order chi connectivity index (χ0) is 23.3. The second-order valence-electron chi connectivity index (χ2n) is 7.78. The molecule has 0 saturated heterocycles. The first-order chi connectivity index (χ1) is 15.3. The SMILES string of the molecule is CCCCCS(=O)(=O)NC(=O)c1cc(C)c2c(n1)N(C#CCl)C(C)N2Cc1ccccc1. The molecule has 9 heteroatoms. The monoisotopic (exact) mass is 474 g/mol. The van der Waals surface area contributed by atoms with Crippen LogP contribution in [0.15, 0.2) is 36.4 Å². The number of anilines is 2. The van der Waals surface area contributed by atoms with Crippen molar-refractivity contribution in [3.05, 3.63) is 53.2 Å². The second-order valence-corrected chi connectivity index (χ2v) is 9.81. The predicted octanol–water partition coefficient (Wildman–Crippen LogP) is 3.97. The number of benzene rings is 1. The third-order valence-corrected chi connectivity index (χ3v) is 6.77. The number of aromatic nitrogens is 1. The smallest absolute Gasteiger partial charge is 0.283 e. The highest BCUT2D eigenvalue weighted by molar-refractivity contribution is 7.90. The molecule has 3 rings (SSSR count). The van der Waals surface area contributed by atoms with Crippen LogP contribution in [-0.2, 0) is 16.6 Å². The van der Waals surface area contributed by atoms with Crippen molar-refractivity contribution in [1.29, 1.82) is 0 Å². The van der Waals surface area contributed by atoms with E-state index >= 15 is 0 Å². The maximum atomic E-state index is 12.7. The molecule has 1 unspecified atom stereocenters. The molecule has 1 aliphatic rings. The van der Waals surface area contributed by atoms with E-state index in [0.29, 0.717) is 18.8 Å². The normalized spacial score (nSPS) is 15.2. The molecule has 1 atom stereocenters. The van der Waals surface area contributed by atoms with Crippen molar-refractivity contribution in [2.24, 2.45) is 0 Å². The molecule has 0 saturated carbocycles. The number of carbonyl (C=O) groups is 1. The number of halogens is 1. The number of rotatable bonds is 8. The highest BCUT2D eigenvalue weighted by atomic mass is 35.5. The average Bonchev–Trinajstić information content (AvgIpc) is 3.01. The first-order valence-electron chi connectivity index (χ1n) is 10.5. The Labute approximate surface area is 194 Å². The van der Waals surface area contributed by atoms with E-state index in [2.05, 4.69) is 26.0 Å². The number of aryl methyl sites for hydroxylation is 1. The molecule has 1 N–H and O–H groups in total. The van der Waals surface area contributed by atoms with E-state index in [1.165, 1.54) is 0 Å². The Morgan fingerprint density at radius 1 is 1.25 bits per heavy atom. The number of hydrogen-bond acceptors (Lipinski definition) is 6. The third-order valence-electron chi connectivity index (χ3n) is 5.36. The minimum Gasteiger partial charge on any atom is -0.343 e. The molecule has 0 fully saturated rings. The van der Waals surface area contributed by atoms with E-state index in [-0.39, 0.29) is 17.6 Å². The number of carbonyl (C=O) groups excluding carboxylic acids is 1. The van der Waals surface area contributed by atoms with Gasteiger partial charge in [-0.3, -0.25) is 9.69 Å². The van der Waals surface area contributed by atoms with Crippen LogP contribution in [0.5, 0.6) is 0 Å². The molecule has 2 aromatic rings. The van der Waals surface area contributed by atoms with Crippen LogP contribution < -0.4 is 14.5 Å². The van der Waals surface area contributed by atoms with Crippen molar-refractivity contribution in [2.75, 3.05) is 15.6 Å². The van der Waals surface area contributed by atoms with Gasteiger partial charge in [0.25, 0.3) is 5.91 Å². The maximum Gasteiger partial charge on any atom is 0.283 e. The molecular formula is C23H27ClN4O3S. The van der Waals surface area contributed by atoms with Crippen LogP contribution in [0.2, 0.25) is 0 Å². The minimum absolute atomic E-state index is 0.0236. The molecule has 0 aliphatic carbocycles. The number of amides is 1. The van der Waals surface area contributed by atoms with E-state index in [9.17, 15) is 13.2 Å². The molecule has 170 valence electrons. The lowest BCUT2D eigenvalue weighted by Gasteiger charge is -2.27. The van der Waals surface area contributed by atoms with Gasteiger partial charge >= 0.3 is 0 Å². The zero-order valence-electron chi connectivity index (χ0n) is 18.4. The molecule has 1 aromatic heterocycles. The molecule has 1 amide bonds. The van der Waals surface area contributed by atoms with Gasteiger partial charge in [0.15, 0.2) is 5.82 Å². The van der Waals surface area contributed by atoms with Crippen LogP contribution >= 0.6 is 11.6 Å². The molecule has 0 spiro atoms. The predicted molar refractivity (Wildman–Crippen MR) is 128 cm³/mol. The number of pyridine rings is 1. The lowest BCUT2D eigenvalue weighted by molar-refractivity contribution is 0.0976. The lowest BCUT2D eigenvalue weighted by Crippen LogP contribution is -2.38. The van der Waals surface area contributed by atoms with Gasteiger partial charge in [0.05, 0.1) is 11.4 Å². The van der Waals surface area contributed by atoms with E-state index in [1.54, 1.807) is 11.0 Å². The minimum atomic E-state index is -3.73. The molecule has 0 bridgehead atoms. The van der Waals surface area contributed by atoms with E-state index in [1.807, 2.05) is 51.1 Å². The van der Waals surface area contributed by atoms with E-state index in [4.69, 9.17) is 11.6 Å². The Hall–Kier alpha value is -2.76. The van der Waals surface area contributed by atoms with Gasteiger partial charge in [-0.25, -0.2) is 18.1 Å². The molecular weight excluding hydrogens is 448 g/mol. The quantitative estimate of drug-likeness (QED) is 0.460. The van der Waals surface area contributed by atoms with Gasteiger partial charge in [0, 0.05) is 18.0 Å². The lowest BCUT2D eigenvalue weighted by atomic mass is 10.1. The average molecular weight is 475 g/mol. The fourth-order valence-electron chi connectivity index (χ4n) is 3.76. The summed E-state index contributed by atoms with van der Waals surface area (Å²) in [5.41, 5.74) is 2.77. The standard InChI is InChI=1S/C23H27ClN4O3S/c1-4-5-9-14-32(30,31)26-23(29)20-15-17(2)21-22(25-20)27(13-12-24)18(3)28(21)16-19-10-7-6-8-11-19/h6-8,10-11,15,18H,4-5,9,14,16H2,1-3H3,(H,26,29). The molecule has 0 radical (unpaired) electrons. The van der Waals surface area contributed by atoms with Crippen molar-refractivity contribution in [2.45, 2.75) is 52.7 Å². The van der Waals surface area contributed by atoms with Crippen molar-refractivity contribution in [1.82, 2.24) is 9.71 Å². The maximum absolute atomic E-state index is 12.7. The number of nitrogens with one attached hydrogen (secondary N) is 1. The van der Waals surface area contributed by atoms with Crippen LogP contribution in [0.1, 0.15) is 54.7 Å². The first kappa shape index (κ1) is 23.9. The molecule has 1 aromatic carbocycles. The van der Waals surface area contributed by atoms with Crippen molar-refractivity contribution < 1.29 is 13.2 Å². The summed E-state index contributed by atoms with van der Waals surface area (Å²) in [6, 6.07) is 14.4. The summed E-state index contributed by atoms with van der Waals surface area (Å²) in [5, 5.41) is 2.39. The number of fused-ring (bicyclic) bond motifs is 1. The highest BCUT2D eigenvalue weighted by Crippen LogP contribution is 2.41. The van der Waals surface area contributed by atoms with Gasteiger partial charge in [0.1, 0.15) is 11.9 Å². The van der Waals surface area contributed by atoms with Gasteiger partial charge in [-0.15, -0.1) is 0 Å². The molecule has 32 heavy (non-hydrogen) atoms. The Morgan fingerprint density at radius 3 is 2.62 bits per heavy atom. The zero-order valence-corrected chi connectivity index (χ0v) is 20.0. The van der Waals surface area contributed by atoms with Gasteiger partial charge < -0.3 is 4.90 Å². The Kier molecular flexibility index (Phi) is 7.64. The van der Waals surface area contributed by atoms with Crippen LogP contribution in [-0.4, -0.2) is 31.2 Å². The topological polar surface area (TPSA) is 82.6 Å². The third kappa shape index (κ3) is 5.34. The number of unbranched alkanes of at least 4 members (excludes halogenated alkanes) is 2. The summed E-state index contributed by atoms with van der Waals surface area (Å²) in [6.07, 6.45) is 2.00. The van der Waals surface area contributed by atoms with E-state index in [0.717, 1.165) is 29.7 Å². The van der Waals surface area contributed by atoms with Gasteiger partial charge in [-0.05, 0) is 49.1 Å². The summed E-state index contributed by atoms with van der Waals surface area (Å²) < 4.78 is 26.7. The van der Waals surface area contributed by atoms with Crippen LogP contribution in [0.3, 0.4) is 0 Å². The summed E-state index contributed by atoms with van der Waals surface area (Å²) in [4.78, 5) is 21.0. The molecule has 2 heterocycles. The fraction of sp³-hybridized carbons (Fsp3) is 0.391. The summed E-state index contributed by atoms with van der Waals surface area (Å²) in [5.74, 6) is -0.363. The Morgan fingerprint density at radius 2 is 1.97 bits per heavy atom. The van der Waals surface area contributed by atoms with Crippen molar-refractivity contribution >= 4 is 39.0 Å². The van der Waals surface area contributed by atoms with Gasteiger partial charge in [0.2, 0.25) is 10.0 Å². The Balaban J connectivity index is 1.93. The van der Waals surface area contributed by atoms with Crippen LogP contribution in [0.4, 0.5) is 11.5 Å². The largest absolute Gasteiger partial charge is 0.343 e. The van der Waals surface area contributed by atoms with Gasteiger partial charge in [-0.2, -0.15) is 0 Å². The Bertz CT molecular complexity index is 1140. The highest BCUT2D eigenvalue weighted by Gasteiger charge is 2.36. The van der Waals surface area contributed by atoms with Crippen molar-refractivity contribution in [3.8, 4) is 11.4 Å². The second kappa shape index (κ2) is 10.2. The summed E-state index contributed by atoms with van der Waals surface area (Å²) in [7, 11) is -3.73. The number of hydrogen-bond donors (Lipinski definition) is 1. The fourth-order valence-corrected chi connectivity index (χ4v) is 4.93. The van der Waals surface area contributed by atoms with Crippen LogP contribution in [0.25, 0.3) is 0 Å². The number of nitrogens with zero attached hydrogens (tertiary/aromatic N) is 3. The van der Waals surface area contributed by atoms with Crippen LogP contribution in [0, 0.1) is 18.3 Å². The van der Waals surface area contributed by atoms with Gasteiger partial charge in [-0.1, -0.05) is 50.1 Å². The first-order valence-corrected chi connectivity index (χ1v) is 12.6. The number of sulfonamides is 1. The molecule has 1 aliphatic heterocycles.